The van der Waals surface area contributed by atoms with Crippen molar-refractivity contribution in [2.45, 2.75) is 63.3 Å². The van der Waals surface area contributed by atoms with Gasteiger partial charge < -0.3 is 9.88 Å². The molecule has 0 atom stereocenters. The van der Waals surface area contributed by atoms with Crippen molar-refractivity contribution in [3.63, 3.8) is 0 Å². The molecule has 0 unspecified atom stereocenters. The summed E-state index contributed by atoms with van der Waals surface area (Å²) in [5, 5.41) is 2.84. The molecule has 1 aromatic carbocycles. The molecule has 0 saturated carbocycles. The Morgan fingerprint density at radius 2 is 1.76 bits per heavy atom. The fourth-order valence-electron chi connectivity index (χ4n) is 3.03. The average Bonchev–Trinajstić information content (AvgIpc) is 2.79. The summed E-state index contributed by atoms with van der Waals surface area (Å²) in [5.74, 6) is 0.193. The predicted molar refractivity (Wildman–Crippen MR) is 99.7 cm³/mol. The molecule has 1 aromatic heterocycles. The van der Waals surface area contributed by atoms with Gasteiger partial charge in [-0.15, -0.1) is 0 Å². The standard InChI is InChI=1S/C19H26N2O3S/c1-6-10-17(22)20-19-18(14(4)15(5)21(19)13(2)3)25(23,24)16-11-8-7-9-12-16/h7-9,11-13H,6,10H2,1-5H3,(H,20,22). The molecule has 0 aliphatic rings. The molecule has 136 valence electrons. The van der Waals surface area contributed by atoms with E-state index in [1.807, 2.05) is 32.3 Å². The van der Waals surface area contributed by atoms with Crippen LogP contribution in [0.3, 0.4) is 0 Å². The fourth-order valence-corrected chi connectivity index (χ4v) is 4.74. The minimum atomic E-state index is -3.73. The summed E-state index contributed by atoms with van der Waals surface area (Å²) in [6.45, 7) is 9.54. The molecule has 0 aliphatic heterocycles. The van der Waals surface area contributed by atoms with E-state index in [1.54, 1.807) is 37.3 Å². The zero-order valence-corrected chi connectivity index (χ0v) is 16.3. The first kappa shape index (κ1) is 19.2. The smallest absolute Gasteiger partial charge is 0.225 e. The number of nitrogens with zero attached hydrogens (tertiary/aromatic N) is 1. The predicted octanol–water partition coefficient (Wildman–Crippen LogP) is 4.26. The maximum atomic E-state index is 13.2. The lowest BCUT2D eigenvalue weighted by atomic mass is 10.3. The van der Waals surface area contributed by atoms with Crippen molar-refractivity contribution in [2.24, 2.45) is 0 Å². The zero-order valence-electron chi connectivity index (χ0n) is 15.5. The van der Waals surface area contributed by atoms with Gasteiger partial charge in [-0.2, -0.15) is 0 Å². The van der Waals surface area contributed by atoms with Crippen LogP contribution >= 0.6 is 0 Å². The van der Waals surface area contributed by atoms with Crippen molar-refractivity contribution in [3.05, 3.63) is 41.6 Å². The number of carbonyl (C=O) groups excluding carboxylic acids is 1. The molecule has 25 heavy (non-hydrogen) atoms. The van der Waals surface area contributed by atoms with Crippen molar-refractivity contribution in [1.29, 1.82) is 0 Å². The monoisotopic (exact) mass is 362 g/mol. The van der Waals surface area contributed by atoms with Crippen LogP contribution < -0.4 is 5.32 Å². The highest BCUT2D eigenvalue weighted by molar-refractivity contribution is 7.91. The van der Waals surface area contributed by atoms with Crippen LogP contribution in [0.2, 0.25) is 0 Å². The van der Waals surface area contributed by atoms with Crippen molar-refractivity contribution < 1.29 is 13.2 Å². The van der Waals surface area contributed by atoms with E-state index in [0.29, 0.717) is 24.2 Å². The molecule has 5 nitrogen and oxygen atoms in total. The van der Waals surface area contributed by atoms with Gasteiger partial charge in [-0.3, -0.25) is 4.79 Å². The summed E-state index contributed by atoms with van der Waals surface area (Å²) in [4.78, 5) is 12.6. The SMILES string of the molecule is CCCC(=O)Nc1c(S(=O)(=O)c2ccccc2)c(C)c(C)n1C(C)C. The Bertz CT molecular complexity index is 866. The molecule has 0 bridgehead atoms. The molecule has 1 amide bonds. The molecule has 0 saturated heterocycles. The number of rotatable bonds is 6. The number of anilines is 1. The zero-order chi connectivity index (χ0) is 18.8. The van der Waals surface area contributed by atoms with Gasteiger partial charge in [-0.25, -0.2) is 8.42 Å². The summed E-state index contributed by atoms with van der Waals surface area (Å²) in [6, 6.07) is 8.35. The third-order valence-electron chi connectivity index (χ3n) is 4.27. The van der Waals surface area contributed by atoms with Gasteiger partial charge >= 0.3 is 0 Å². The quantitative estimate of drug-likeness (QED) is 0.835. The lowest BCUT2D eigenvalue weighted by Gasteiger charge is -2.17. The largest absolute Gasteiger partial charge is 0.328 e. The first-order chi connectivity index (χ1) is 11.7. The van der Waals surface area contributed by atoms with Crippen molar-refractivity contribution in [1.82, 2.24) is 4.57 Å². The van der Waals surface area contributed by atoms with Gasteiger partial charge in [0.2, 0.25) is 15.7 Å². The third kappa shape index (κ3) is 3.63. The summed E-state index contributed by atoms with van der Waals surface area (Å²) in [7, 11) is -3.73. The number of benzene rings is 1. The number of hydrogen-bond acceptors (Lipinski definition) is 3. The van der Waals surface area contributed by atoms with E-state index >= 15 is 0 Å². The van der Waals surface area contributed by atoms with E-state index in [1.165, 1.54) is 0 Å². The number of sulfone groups is 1. The van der Waals surface area contributed by atoms with Crippen LogP contribution in [0.25, 0.3) is 0 Å². The minimum absolute atomic E-state index is 0.0235. The van der Waals surface area contributed by atoms with Crippen molar-refractivity contribution in [3.8, 4) is 0 Å². The van der Waals surface area contributed by atoms with Crippen LogP contribution in [0.5, 0.6) is 0 Å². The van der Waals surface area contributed by atoms with Crippen LogP contribution in [0.15, 0.2) is 40.1 Å². The second-order valence-electron chi connectivity index (χ2n) is 6.47. The summed E-state index contributed by atoms with van der Waals surface area (Å²) < 4.78 is 28.4. The highest BCUT2D eigenvalue weighted by atomic mass is 32.2. The molecular formula is C19H26N2O3S. The van der Waals surface area contributed by atoms with Gasteiger partial charge in [0, 0.05) is 18.2 Å². The first-order valence-corrected chi connectivity index (χ1v) is 10.0. The second-order valence-corrected chi connectivity index (χ2v) is 8.35. The molecule has 0 spiro atoms. The second kappa shape index (κ2) is 7.44. The van der Waals surface area contributed by atoms with E-state index in [0.717, 1.165) is 5.69 Å². The molecule has 1 heterocycles. The molecule has 2 aromatic rings. The fraction of sp³-hybridized carbons (Fsp3) is 0.421. The Morgan fingerprint density at radius 3 is 2.28 bits per heavy atom. The van der Waals surface area contributed by atoms with Crippen LogP contribution in [-0.4, -0.2) is 18.9 Å². The van der Waals surface area contributed by atoms with Crippen molar-refractivity contribution >= 4 is 21.6 Å². The molecule has 2 rings (SSSR count). The number of hydrogen-bond donors (Lipinski definition) is 1. The molecular weight excluding hydrogens is 336 g/mol. The Morgan fingerprint density at radius 1 is 1.16 bits per heavy atom. The topological polar surface area (TPSA) is 68.2 Å². The molecule has 0 fully saturated rings. The van der Waals surface area contributed by atoms with Gasteiger partial charge in [-0.1, -0.05) is 25.1 Å². The Kier molecular flexibility index (Phi) is 5.72. The third-order valence-corrected chi connectivity index (χ3v) is 6.20. The molecule has 1 N–H and O–H groups in total. The number of carbonyl (C=O) groups is 1. The van der Waals surface area contributed by atoms with Crippen LogP contribution in [-0.2, 0) is 14.6 Å². The lowest BCUT2D eigenvalue weighted by Crippen LogP contribution is -2.18. The lowest BCUT2D eigenvalue weighted by molar-refractivity contribution is -0.116. The van der Waals surface area contributed by atoms with Crippen LogP contribution in [0.1, 0.15) is 50.9 Å². The van der Waals surface area contributed by atoms with Crippen LogP contribution in [0, 0.1) is 13.8 Å². The Labute approximate surface area is 150 Å². The van der Waals surface area contributed by atoms with E-state index in [9.17, 15) is 13.2 Å². The van der Waals surface area contributed by atoms with Gasteiger partial charge in [-0.05, 0) is 51.8 Å². The van der Waals surface area contributed by atoms with E-state index in [2.05, 4.69) is 5.32 Å². The summed E-state index contributed by atoms with van der Waals surface area (Å²) in [5.41, 5.74) is 1.51. The number of nitrogens with one attached hydrogen (secondary N) is 1. The minimum Gasteiger partial charge on any atom is -0.328 e. The first-order valence-electron chi connectivity index (χ1n) is 8.53. The Balaban J connectivity index is 2.72. The molecule has 6 heteroatoms. The van der Waals surface area contributed by atoms with E-state index < -0.39 is 9.84 Å². The van der Waals surface area contributed by atoms with Gasteiger partial charge in [0.25, 0.3) is 0 Å². The highest BCUT2D eigenvalue weighted by Crippen LogP contribution is 2.37. The van der Waals surface area contributed by atoms with Gasteiger partial charge in [0.05, 0.1) is 4.90 Å². The number of amides is 1. The normalized spacial score (nSPS) is 11.8. The highest BCUT2D eigenvalue weighted by Gasteiger charge is 2.30. The van der Waals surface area contributed by atoms with Crippen LogP contribution in [0.4, 0.5) is 5.82 Å². The summed E-state index contributed by atoms with van der Waals surface area (Å²) in [6.07, 6.45) is 1.05. The average molecular weight is 362 g/mol. The maximum Gasteiger partial charge on any atom is 0.225 e. The van der Waals surface area contributed by atoms with Crippen molar-refractivity contribution in [2.75, 3.05) is 5.32 Å². The molecule has 0 aliphatic carbocycles. The Hall–Kier alpha value is -2.08. The van der Waals surface area contributed by atoms with E-state index in [-0.39, 0.29) is 21.7 Å². The van der Waals surface area contributed by atoms with E-state index in [4.69, 9.17) is 0 Å². The van der Waals surface area contributed by atoms with Gasteiger partial charge in [0.15, 0.2) is 0 Å². The maximum absolute atomic E-state index is 13.2. The molecule has 0 radical (unpaired) electrons. The number of aromatic nitrogens is 1. The van der Waals surface area contributed by atoms with Gasteiger partial charge in [0.1, 0.15) is 10.7 Å². The summed E-state index contributed by atoms with van der Waals surface area (Å²) >= 11 is 0.